The molecule has 22 heavy (non-hydrogen) atoms. The van der Waals surface area contributed by atoms with Crippen LogP contribution in [0.3, 0.4) is 0 Å². The molecule has 0 saturated carbocycles. The molecule has 2 aromatic rings. The summed E-state index contributed by atoms with van der Waals surface area (Å²) in [4.78, 5) is 0. The first-order valence-corrected chi connectivity index (χ1v) is 9.96. The Kier molecular flexibility index (Phi) is 6.38. The number of benzene rings is 2. The molecule has 0 radical (unpaired) electrons. The molecule has 0 fully saturated rings. The van der Waals surface area contributed by atoms with Crippen LogP contribution >= 0.6 is 35.0 Å². The maximum atomic E-state index is 11.7. The van der Waals surface area contributed by atoms with Crippen LogP contribution in [0.5, 0.6) is 0 Å². The molecule has 1 atom stereocenters. The van der Waals surface area contributed by atoms with E-state index in [2.05, 4.69) is 5.32 Å². The Labute approximate surface area is 147 Å². The zero-order valence-corrected chi connectivity index (χ0v) is 15.2. The molecule has 2 rings (SSSR count). The second-order valence-electron chi connectivity index (χ2n) is 4.43. The van der Waals surface area contributed by atoms with Crippen LogP contribution in [-0.2, 0) is 10.8 Å². The molecule has 0 heterocycles. The molecule has 0 saturated heterocycles. The average molecular weight is 372 g/mol. The van der Waals surface area contributed by atoms with Crippen molar-refractivity contribution in [3.8, 4) is 0 Å². The molecule has 0 bridgehead atoms. The minimum absolute atomic E-state index is 0.551. The minimum Gasteiger partial charge on any atom is -0.353 e. The molecule has 1 unspecified atom stereocenters. The molecule has 0 amide bonds. The van der Waals surface area contributed by atoms with Crippen molar-refractivity contribution in [2.45, 2.75) is 0 Å². The molecule has 0 aliphatic heterocycles. The number of anilines is 2. The van der Waals surface area contributed by atoms with Crippen molar-refractivity contribution in [3.05, 3.63) is 62.3 Å². The van der Waals surface area contributed by atoms with Crippen LogP contribution in [0, 0.1) is 0 Å². The van der Waals surface area contributed by atoms with Crippen LogP contribution in [0.1, 0.15) is 5.56 Å². The van der Waals surface area contributed by atoms with Crippen molar-refractivity contribution in [3.63, 3.8) is 0 Å². The molecule has 0 aliphatic rings. The number of halogens is 2. The van der Waals surface area contributed by atoms with Gasteiger partial charge < -0.3 is 5.32 Å². The van der Waals surface area contributed by atoms with Crippen LogP contribution in [-0.4, -0.2) is 16.7 Å². The molecule has 2 nitrogen and oxygen atoms in total. The topological polar surface area (TPSA) is 29.1 Å². The Morgan fingerprint density at radius 1 is 1.14 bits per heavy atom. The van der Waals surface area contributed by atoms with E-state index in [1.165, 1.54) is 11.8 Å². The Hall–Kier alpha value is -0.940. The van der Waals surface area contributed by atoms with E-state index >= 15 is 0 Å². The van der Waals surface area contributed by atoms with Gasteiger partial charge in [-0.3, -0.25) is 4.21 Å². The summed E-state index contributed by atoms with van der Waals surface area (Å²) in [6.07, 6.45) is 5.49. The van der Waals surface area contributed by atoms with Crippen molar-refractivity contribution in [1.29, 1.82) is 0 Å². The predicted molar refractivity (Wildman–Crippen MR) is 102 cm³/mol. The van der Waals surface area contributed by atoms with Crippen molar-refractivity contribution in [2.75, 3.05) is 17.8 Å². The Bertz CT molecular complexity index is 712. The molecular weight excluding hydrogens is 357 g/mol. The van der Waals surface area contributed by atoms with E-state index < -0.39 is 10.8 Å². The highest BCUT2D eigenvalue weighted by molar-refractivity contribution is 8.16. The molecule has 2 aromatic carbocycles. The minimum atomic E-state index is -1.02. The third-order valence-corrected chi connectivity index (χ3v) is 5.98. The summed E-state index contributed by atoms with van der Waals surface area (Å²) in [5, 5.41) is 4.36. The zero-order valence-electron chi connectivity index (χ0n) is 12.1. The largest absolute Gasteiger partial charge is 0.353 e. The lowest BCUT2D eigenvalue weighted by atomic mass is 10.1. The van der Waals surface area contributed by atoms with Gasteiger partial charge in [-0.25, -0.2) is 0 Å². The fraction of sp³-hybridized carbons (Fsp3) is 0.125. The molecule has 1 N–H and O–H groups in total. The van der Waals surface area contributed by atoms with Crippen LogP contribution < -0.4 is 5.32 Å². The molecule has 6 heteroatoms. The third-order valence-electron chi connectivity index (χ3n) is 2.94. The first-order valence-electron chi connectivity index (χ1n) is 6.42. The van der Waals surface area contributed by atoms with Gasteiger partial charge in [0.15, 0.2) is 0 Å². The maximum Gasteiger partial charge on any atom is 0.0763 e. The van der Waals surface area contributed by atoms with Gasteiger partial charge in [-0.15, -0.1) is 11.8 Å². The smallest absolute Gasteiger partial charge is 0.0763 e. The van der Waals surface area contributed by atoms with Gasteiger partial charge in [0, 0.05) is 11.9 Å². The van der Waals surface area contributed by atoms with Crippen LogP contribution in [0.25, 0.3) is 6.08 Å². The Morgan fingerprint density at radius 3 is 2.36 bits per heavy atom. The Morgan fingerprint density at radius 2 is 1.77 bits per heavy atom. The van der Waals surface area contributed by atoms with Gasteiger partial charge in [0.05, 0.1) is 30.8 Å². The lowest BCUT2D eigenvalue weighted by Crippen LogP contribution is -1.95. The van der Waals surface area contributed by atoms with Gasteiger partial charge in [0.25, 0.3) is 0 Å². The number of hydrogen-bond donors (Lipinski definition) is 1. The number of para-hydroxylation sites is 2. The highest BCUT2D eigenvalue weighted by Gasteiger charge is 2.09. The van der Waals surface area contributed by atoms with Crippen LogP contribution in [0.4, 0.5) is 11.4 Å². The van der Waals surface area contributed by atoms with Gasteiger partial charge in [-0.1, -0.05) is 47.5 Å². The lowest BCUT2D eigenvalue weighted by molar-refractivity contribution is 0.691. The summed E-state index contributed by atoms with van der Waals surface area (Å²) >= 11 is 13.9. The van der Waals surface area contributed by atoms with E-state index in [1.54, 1.807) is 24.5 Å². The van der Waals surface area contributed by atoms with Gasteiger partial charge >= 0.3 is 0 Å². The summed E-state index contributed by atoms with van der Waals surface area (Å²) in [7, 11) is -1.02. The second kappa shape index (κ2) is 8.06. The van der Waals surface area contributed by atoms with Gasteiger partial charge in [-0.05, 0) is 36.1 Å². The molecular formula is C16H15Cl2NOS2. The number of rotatable bonds is 5. The summed E-state index contributed by atoms with van der Waals surface area (Å²) in [5.41, 5.74) is 2.45. The van der Waals surface area contributed by atoms with E-state index in [1.807, 2.05) is 36.6 Å². The van der Waals surface area contributed by atoms with Crippen molar-refractivity contribution < 1.29 is 4.21 Å². The van der Waals surface area contributed by atoms with E-state index in [9.17, 15) is 4.21 Å². The number of thioether (sulfide) groups is 1. The molecule has 116 valence electrons. The monoisotopic (exact) mass is 371 g/mol. The standard InChI is InChI=1S/C16H15Cl2NOS2/c1-21-15(22(2)20)10-11-6-3-4-9-14(11)19-16-12(17)7-5-8-13(16)18/h3-10,19H,1-2H3. The zero-order chi connectivity index (χ0) is 16.1. The highest BCUT2D eigenvalue weighted by Crippen LogP contribution is 2.34. The van der Waals surface area contributed by atoms with Gasteiger partial charge in [-0.2, -0.15) is 0 Å². The Balaban J connectivity index is 2.43. The quantitative estimate of drug-likeness (QED) is 0.722. The van der Waals surface area contributed by atoms with E-state index in [0.29, 0.717) is 15.7 Å². The maximum absolute atomic E-state index is 11.7. The van der Waals surface area contributed by atoms with Gasteiger partial charge in [0.1, 0.15) is 0 Å². The summed E-state index contributed by atoms with van der Waals surface area (Å²) in [6, 6.07) is 13.1. The van der Waals surface area contributed by atoms with E-state index in [0.717, 1.165) is 15.5 Å². The van der Waals surface area contributed by atoms with Crippen molar-refractivity contribution >= 4 is 63.2 Å². The number of hydrogen-bond acceptors (Lipinski definition) is 3. The lowest BCUT2D eigenvalue weighted by Gasteiger charge is -2.13. The number of nitrogens with one attached hydrogen (secondary N) is 1. The van der Waals surface area contributed by atoms with Crippen LogP contribution in [0.2, 0.25) is 10.0 Å². The molecule has 0 aromatic heterocycles. The summed E-state index contributed by atoms with van der Waals surface area (Å²) in [6.45, 7) is 0. The highest BCUT2D eigenvalue weighted by atomic mass is 35.5. The SMILES string of the molecule is CSC(=Cc1ccccc1Nc1c(Cl)cccc1Cl)S(C)=O. The first-order chi connectivity index (χ1) is 10.5. The predicted octanol–water partition coefficient (Wildman–Crippen LogP) is 5.78. The van der Waals surface area contributed by atoms with Crippen LogP contribution in [0.15, 0.2) is 46.7 Å². The molecule has 0 aliphatic carbocycles. The first kappa shape index (κ1) is 17.4. The fourth-order valence-electron chi connectivity index (χ4n) is 1.87. The summed E-state index contributed by atoms with van der Waals surface area (Å²) in [5.74, 6) is 0. The summed E-state index contributed by atoms with van der Waals surface area (Å²) < 4.78 is 12.5. The van der Waals surface area contributed by atoms with Crippen molar-refractivity contribution in [1.82, 2.24) is 0 Å². The average Bonchev–Trinajstić information content (AvgIpc) is 2.49. The normalized spacial score (nSPS) is 13.0. The third kappa shape index (κ3) is 4.29. The van der Waals surface area contributed by atoms with Gasteiger partial charge in [0.2, 0.25) is 0 Å². The van der Waals surface area contributed by atoms with E-state index in [4.69, 9.17) is 23.2 Å². The molecule has 0 spiro atoms. The fourth-order valence-corrected chi connectivity index (χ4v) is 3.84. The van der Waals surface area contributed by atoms with Crippen molar-refractivity contribution in [2.24, 2.45) is 0 Å². The second-order valence-corrected chi connectivity index (χ2v) is 7.70. The van der Waals surface area contributed by atoms with E-state index in [-0.39, 0.29) is 0 Å².